The van der Waals surface area contributed by atoms with E-state index < -0.39 is 0 Å². The van der Waals surface area contributed by atoms with Gasteiger partial charge in [-0.3, -0.25) is 0 Å². The maximum Gasteiger partial charge on any atom is 0.0837 e. The first-order valence-corrected chi connectivity index (χ1v) is 7.10. The third kappa shape index (κ3) is 2.89. The summed E-state index contributed by atoms with van der Waals surface area (Å²) in [5.74, 6) is 1.27. The fraction of sp³-hybridized carbons (Fsp3) is 0.733. The van der Waals surface area contributed by atoms with Gasteiger partial charge in [-0.15, -0.1) is 0 Å². The minimum absolute atomic E-state index is 0.364. The fourth-order valence-corrected chi connectivity index (χ4v) is 3.04. The van der Waals surface area contributed by atoms with Crippen LogP contribution in [0.15, 0.2) is 6.07 Å². The standard InChI is InChI=1S/C15H24N2O/c1-4-12-5-7-13(8-6-12)15(18)14-9-10(2)16-17-11(14)3/h9,12-13,15,18H,4-8H2,1-3H3. The van der Waals surface area contributed by atoms with Gasteiger partial charge in [-0.25, -0.2) is 0 Å². The largest absolute Gasteiger partial charge is 0.388 e. The highest BCUT2D eigenvalue weighted by atomic mass is 16.3. The Morgan fingerprint density at radius 1 is 1.22 bits per heavy atom. The average molecular weight is 248 g/mol. The van der Waals surface area contributed by atoms with Gasteiger partial charge in [0.1, 0.15) is 0 Å². The molecule has 1 aromatic heterocycles. The Balaban J connectivity index is 2.07. The predicted octanol–water partition coefficient (Wildman–Crippen LogP) is 3.34. The van der Waals surface area contributed by atoms with Gasteiger partial charge in [-0.05, 0) is 44.6 Å². The van der Waals surface area contributed by atoms with Crippen LogP contribution in [0.4, 0.5) is 0 Å². The van der Waals surface area contributed by atoms with Crippen molar-refractivity contribution in [3.8, 4) is 0 Å². The third-order valence-electron chi connectivity index (χ3n) is 4.37. The molecule has 3 nitrogen and oxygen atoms in total. The van der Waals surface area contributed by atoms with E-state index in [2.05, 4.69) is 17.1 Å². The molecule has 3 heteroatoms. The van der Waals surface area contributed by atoms with Crippen molar-refractivity contribution in [1.82, 2.24) is 10.2 Å². The highest BCUT2D eigenvalue weighted by molar-refractivity contribution is 5.23. The summed E-state index contributed by atoms with van der Waals surface area (Å²) in [6.07, 6.45) is 5.71. The highest BCUT2D eigenvalue weighted by Gasteiger charge is 2.27. The maximum atomic E-state index is 10.5. The molecular weight excluding hydrogens is 224 g/mol. The van der Waals surface area contributed by atoms with Gasteiger partial charge in [0.2, 0.25) is 0 Å². The molecule has 0 amide bonds. The molecule has 18 heavy (non-hydrogen) atoms. The lowest BCUT2D eigenvalue weighted by molar-refractivity contribution is 0.0719. The van der Waals surface area contributed by atoms with E-state index in [0.29, 0.717) is 5.92 Å². The highest BCUT2D eigenvalue weighted by Crippen LogP contribution is 2.38. The van der Waals surface area contributed by atoms with Gasteiger partial charge in [0.05, 0.1) is 17.5 Å². The number of rotatable bonds is 3. The van der Waals surface area contributed by atoms with E-state index in [4.69, 9.17) is 0 Å². The zero-order valence-electron chi connectivity index (χ0n) is 11.7. The smallest absolute Gasteiger partial charge is 0.0837 e. The van der Waals surface area contributed by atoms with E-state index >= 15 is 0 Å². The molecule has 0 radical (unpaired) electrons. The summed E-state index contributed by atoms with van der Waals surface area (Å²) in [5.41, 5.74) is 2.73. The molecule has 0 saturated heterocycles. The Bertz CT molecular complexity index is 397. The molecule has 0 aromatic carbocycles. The molecule has 1 saturated carbocycles. The van der Waals surface area contributed by atoms with Crippen LogP contribution in [0.3, 0.4) is 0 Å². The van der Waals surface area contributed by atoms with Crippen LogP contribution in [0.1, 0.15) is 62.1 Å². The second-order valence-electron chi connectivity index (χ2n) is 5.66. The van der Waals surface area contributed by atoms with E-state index in [9.17, 15) is 5.11 Å². The van der Waals surface area contributed by atoms with Gasteiger partial charge in [-0.1, -0.05) is 26.2 Å². The van der Waals surface area contributed by atoms with Crippen molar-refractivity contribution >= 4 is 0 Å². The molecule has 0 bridgehead atoms. The van der Waals surface area contributed by atoms with Gasteiger partial charge in [0.25, 0.3) is 0 Å². The van der Waals surface area contributed by atoms with Crippen molar-refractivity contribution in [2.45, 2.75) is 59.0 Å². The van der Waals surface area contributed by atoms with Crippen LogP contribution < -0.4 is 0 Å². The summed E-state index contributed by atoms with van der Waals surface area (Å²) in [4.78, 5) is 0. The quantitative estimate of drug-likeness (QED) is 0.892. The molecule has 1 N–H and O–H groups in total. The van der Waals surface area contributed by atoms with Crippen molar-refractivity contribution in [2.75, 3.05) is 0 Å². The van der Waals surface area contributed by atoms with Crippen LogP contribution >= 0.6 is 0 Å². The Morgan fingerprint density at radius 2 is 1.89 bits per heavy atom. The Hall–Kier alpha value is -0.960. The first-order chi connectivity index (χ1) is 8.61. The fourth-order valence-electron chi connectivity index (χ4n) is 3.04. The molecule has 0 spiro atoms. The molecule has 100 valence electrons. The molecular formula is C15H24N2O. The topological polar surface area (TPSA) is 46.0 Å². The first kappa shape index (κ1) is 13.5. The van der Waals surface area contributed by atoms with Gasteiger partial charge >= 0.3 is 0 Å². The second kappa shape index (κ2) is 5.79. The van der Waals surface area contributed by atoms with Crippen molar-refractivity contribution < 1.29 is 5.11 Å². The Morgan fingerprint density at radius 3 is 2.50 bits per heavy atom. The molecule has 1 aromatic rings. The van der Waals surface area contributed by atoms with Crippen molar-refractivity contribution in [3.05, 3.63) is 23.0 Å². The second-order valence-corrected chi connectivity index (χ2v) is 5.66. The molecule has 0 aliphatic heterocycles. The number of aryl methyl sites for hydroxylation is 2. The number of hydrogen-bond acceptors (Lipinski definition) is 3. The summed E-state index contributed by atoms with van der Waals surface area (Å²) in [5, 5.41) is 18.7. The van der Waals surface area contributed by atoms with Crippen LogP contribution in [0.2, 0.25) is 0 Å². The number of aliphatic hydroxyl groups excluding tert-OH is 1. The lowest BCUT2D eigenvalue weighted by Gasteiger charge is -2.31. The third-order valence-corrected chi connectivity index (χ3v) is 4.37. The number of hydrogen-bond donors (Lipinski definition) is 1. The Labute approximate surface area is 110 Å². The molecule has 1 heterocycles. The van der Waals surface area contributed by atoms with E-state index in [1.165, 1.54) is 19.3 Å². The molecule has 1 atom stereocenters. The lowest BCUT2D eigenvalue weighted by Crippen LogP contribution is -2.21. The van der Waals surface area contributed by atoms with Crippen molar-refractivity contribution in [1.29, 1.82) is 0 Å². The summed E-state index contributed by atoms with van der Waals surface area (Å²) >= 11 is 0. The number of aromatic nitrogens is 2. The normalized spacial score (nSPS) is 26.0. The van der Waals surface area contributed by atoms with E-state index in [1.54, 1.807) is 0 Å². The zero-order chi connectivity index (χ0) is 13.1. The van der Waals surface area contributed by atoms with Crippen molar-refractivity contribution in [3.63, 3.8) is 0 Å². The maximum absolute atomic E-state index is 10.5. The molecule has 1 fully saturated rings. The van der Waals surface area contributed by atoms with Crippen LogP contribution in [0.5, 0.6) is 0 Å². The van der Waals surface area contributed by atoms with Gasteiger partial charge < -0.3 is 5.11 Å². The van der Waals surface area contributed by atoms with Crippen LogP contribution in [0.25, 0.3) is 0 Å². The van der Waals surface area contributed by atoms with Crippen LogP contribution in [-0.2, 0) is 0 Å². The molecule has 2 rings (SSSR count). The summed E-state index contributed by atoms with van der Waals surface area (Å²) < 4.78 is 0. The predicted molar refractivity (Wildman–Crippen MR) is 72.2 cm³/mol. The molecule has 1 aliphatic carbocycles. The minimum atomic E-state index is -0.364. The summed E-state index contributed by atoms with van der Waals surface area (Å²) in [7, 11) is 0. The van der Waals surface area contributed by atoms with Gasteiger partial charge in [0.15, 0.2) is 0 Å². The first-order valence-electron chi connectivity index (χ1n) is 7.10. The van der Waals surface area contributed by atoms with Crippen molar-refractivity contribution in [2.24, 2.45) is 11.8 Å². The van der Waals surface area contributed by atoms with Crippen LogP contribution in [0, 0.1) is 25.7 Å². The summed E-state index contributed by atoms with van der Waals surface area (Å²) in [6, 6.07) is 1.99. The monoisotopic (exact) mass is 248 g/mol. The Kier molecular flexibility index (Phi) is 4.33. The van der Waals surface area contributed by atoms with E-state index in [0.717, 1.165) is 35.7 Å². The van der Waals surface area contributed by atoms with Gasteiger partial charge in [-0.2, -0.15) is 10.2 Å². The summed E-state index contributed by atoms with van der Waals surface area (Å²) in [6.45, 7) is 6.13. The van der Waals surface area contributed by atoms with Gasteiger partial charge in [0, 0.05) is 5.56 Å². The zero-order valence-corrected chi connectivity index (χ0v) is 11.7. The SMILES string of the molecule is CCC1CCC(C(O)c2cc(C)nnc2C)CC1. The number of aliphatic hydroxyl groups is 1. The molecule has 1 aliphatic rings. The van der Waals surface area contributed by atoms with E-state index in [-0.39, 0.29) is 6.10 Å². The number of nitrogens with zero attached hydrogens (tertiary/aromatic N) is 2. The van der Waals surface area contributed by atoms with Crippen LogP contribution in [-0.4, -0.2) is 15.3 Å². The van der Waals surface area contributed by atoms with E-state index in [1.807, 2.05) is 19.9 Å². The molecule has 1 unspecified atom stereocenters. The average Bonchev–Trinajstić information content (AvgIpc) is 2.41. The lowest BCUT2D eigenvalue weighted by atomic mass is 9.77. The minimum Gasteiger partial charge on any atom is -0.388 e.